The molecule has 0 spiro atoms. The molecule has 8 heteroatoms. The van der Waals surface area contributed by atoms with Crippen LogP contribution in [0.2, 0.25) is 5.04 Å². The summed E-state index contributed by atoms with van der Waals surface area (Å²) in [6.45, 7) is 16.2. The molecule has 2 fully saturated rings. The monoisotopic (exact) mass is 704 g/mol. The molecule has 1 N–H and O–H groups in total. The average molecular weight is 705 g/mol. The third-order valence-electron chi connectivity index (χ3n) is 9.89. The maximum absolute atomic E-state index is 9.90. The summed E-state index contributed by atoms with van der Waals surface area (Å²) in [6.07, 6.45) is 3.76. The lowest BCUT2D eigenvalue weighted by Crippen LogP contribution is -2.69. The highest BCUT2D eigenvalue weighted by Crippen LogP contribution is 2.41. The topological polar surface area (TPSA) is 75.6 Å². The van der Waals surface area contributed by atoms with Crippen LogP contribution in [-0.4, -0.2) is 68.7 Å². The van der Waals surface area contributed by atoms with Crippen molar-refractivity contribution in [3.8, 4) is 0 Å². The summed E-state index contributed by atoms with van der Waals surface area (Å²) in [6, 6.07) is 31.9. The standard InChI is InChI=1S/C42H60O7Si/c1-40(2,3)50(36-19-13-9-14-20-36,37-21-15-10-16-22-37)49-38(39-30-34(25-27-43)46-42(6,7)48-39)24-23-33-29-35(47-41(4,5)45-33)26-28-44-31-32-17-11-8-12-18-32/h8-22,33-35,38-39,43H,23-31H2,1-7H3/t33-,34-,35+,38-,39-/m1/s1. The molecule has 0 aromatic heterocycles. The molecule has 7 nitrogen and oxygen atoms in total. The molecule has 274 valence electrons. The van der Waals surface area contributed by atoms with Crippen LogP contribution in [0.25, 0.3) is 0 Å². The molecule has 2 saturated heterocycles. The molecule has 3 aromatic carbocycles. The minimum atomic E-state index is -2.91. The number of aliphatic hydroxyl groups is 1. The molecule has 5 rings (SSSR count). The number of ether oxygens (including phenoxy) is 5. The van der Waals surface area contributed by atoms with Crippen LogP contribution in [0.1, 0.15) is 92.6 Å². The van der Waals surface area contributed by atoms with Crippen molar-refractivity contribution in [2.24, 2.45) is 0 Å². The molecule has 3 aromatic rings. The number of hydrogen-bond donors (Lipinski definition) is 1. The molecule has 0 radical (unpaired) electrons. The molecule has 2 heterocycles. The summed E-state index contributed by atoms with van der Waals surface area (Å²) in [7, 11) is -2.91. The first kappa shape index (κ1) is 38.8. The maximum atomic E-state index is 9.90. The van der Waals surface area contributed by atoms with E-state index in [1.54, 1.807) is 0 Å². The van der Waals surface area contributed by atoms with Crippen LogP contribution in [0.15, 0.2) is 91.0 Å². The fourth-order valence-electron chi connectivity index (χ4n) is 7.84. The zero-order valence-corrected chi connectivity index (χ0v) is 32.3. The summed E-state index contributed by atoms with van der Waals surface area (Å²) in [5.41, 5.74) is 1.17. The van der Waals surface area contributed by atoms with Crippen molar-refractivity contribution in [1.29, 1.82) is 0 Å². The second-order valence-corrected chi connectivity index (χ2v) is 20.1. The van der Waals surface area contributed by atoms with E-state index >= 15 is 0 Å². The van der Waals surface area contributed by atoms with E-state index in [-0.39, 0.29) is 42.2 Å². The minimum absolute atomic E-state index is 0.00998. The zero-order valence-electron chi connectivity index (χ0n) is 31.3. The second-order valence-electron chi connectivity index (χ2n) is 15.9. The molecule has 0 amide bonds. The third-order valence-corrected chi connectivity index (χ3v) is 14.9. The van der Waals surface area contributed by atoms with Gasteiger partial charge in [0.05, 0.1) is 37.1 Å². The summed E-state index contributed by atoms with van der Waals surface area (Å²) in [4.78, 5) is 0. The highest BCUT2D eigenvalue weighted by Gasteiger charge is 2.53. The largest absolute Gasteiger partial charge is 0.402 e. The van der Waals surface area contributed by atoms with Gasteiger partial charge in [-0.2, -0.15) is 0 Å². The Bertz CT molecular complexity index is 1390. The fourth-order valence-corrected chi connectivity index (χ4v) is 12.6. The Kier molecular flexibility index (Phi) is 13.2. The lowest BCUT2D eigenvalue weighted by Gasteiger charge is -2.49. The predicted octanol–water partition coefficient (Wildman–Crippen LogP) is 7.52. The van der Waals surface area contributed by atoms with Gasteiger partial charge in [0.25, 0.3) is 8.32 Å². The van der Waals surface area contributed by atoms with Crippen LogP contribution in [0, 0.1) is 0 Å². The van der Waals surface area contributed by atoms with Crippen molar-refractivity contribution in [3.63, 3.8) is 0 Å². The Labute approximate surface area is 301 Å². The van der Waals surface area contributed by atoms with E-state index in [1.165, 1.54) is 15.9 Å². The average Bonchev–Trinajstić information content (AvgIpc) is 3.06. The van der Waals surface area contributed by atoms with Crippen LogP contribution < -0.4 is 10.4 Å². The molecule has 0 saturated carbocycles. The summed E-state index contributed by atoms with van der Waals surface area (Å²) in [5, 5.41) is 12.2. The molecular formula is C42H60O7Si. The molecule has 50 heavy (non-hydrogen) atoms. The highest BCUT2D eigenvalue weighted by molar-refractivity contribution is 6.99. The zero-order chi connectivity index (χ0) is 35.8. The van der Waals surface area contributed by atoms with Crippen LogP contribution in [0.5, 0.6) is 0 Å². The second kappa shape index (κ2) is 17.0. The van der Waals surface area contributed by atoms with Gasteiger partial charge in [0.1, 0.15) is 0 Å². The van der Waals surface area contributed by atoms with Crippen molar-refractivity contribution in [1.82, 2.24) is 0 Å². The van der Waals surface area contributed by atoms with Crippen molar-refractivity contribution in [2.45, 2.75) is 141 Å². The molecule has 5 atom stereocenters. The van der Waals surface area contributed by atoms with Crippen LogP contribution in [0.3, 0.4) is 0 Å². The van der Waals surface area contributed by atoms with Crippen molar-refractivity contribution in [2.75, 3.05) is 13.2 Å². The van der Waals surface area contributed by atoms with E-state index in [9.17, 15) is 5.11 Å². The molecule has 0 aliphatic carbocycles. The number of rotatable bonds is 15. The van der Waals surface area contributed by atoms with Gasteiger partial charge in [0.2, 0.25) is 0 Å². The quantitative estimate of drug-likeness (QED) is 0.130. The van der Waals surface area contributed by atoms with Crippen molar-refractivity contribution in [3.05, 3.63) is 96.6 Å². The number of hydrogen-bond acceptors (Lipinski definition) is 7. The van der Waals surface area contributed by atoms with Gasteiger partial charge in [-0.25, -0.2) is 0 Å². The van der Waals surface area contributed by atoms with Gasteiger partial charge in [-0.3, -0.25) is 0 Å². The van der Waals surface area contributed by atoms with Gasteiger partial charge in [-0.1, -0.05) is 112 Å². The van der Waals surface area contributed by atoms with Crippen molar-refractivity contribution >= 4 is 18.7 Å². The van der Waals surface area contributed by atoms with Gasteiger partial charge < -0.3 is 33.2 Å². The smallest absolute Gasteiger partial charge is 0.261 e. The van der Waals surface area contributed by atoms with Crippen LogP contribution in [0.4, 0.5) is 0 Å². The van der Waals surface area contributed by atoms with Gasteiger partial charge in [-0.15, -0.1) is 0 Å². The number of aliphatic hydroxyl groups excluding tert-OH is 1. The molecule has 0 bridgehead atoms. The Hall–Kier alpha value is -2.40. The summed E-state index contributed by atoms with van der Waals surface area (Å²) < 4.78 is 39.9. The first-order valence-electron chi connectivity index (χ1n) is 18.5. The molecule has 0 unspecified atom stereocenters. The van der Waals surface area contributed by atoms with Crippen LogP contribution in [-0.2, 0) is 34.7 Å². The molecular weight excluding hydrogens is 645 g/mol. The fraction of sp³-hybridized carbons (Fsp3) is 0.571. The highest BCUT2D eigenvalue weighted by atomic mass is 28.4. The van der Waals surface area contributed by atoms with Gasteiger partial charge in [0.15, 0.2) is 11.6 Å². The first-order chi connectivity index (χ1) is 23.8. The lowest BCUT2D eigenvalue weighted by atomic mass is 9.95. The third kappa shape index (κ3) is 10.1. The van der Waals surface area contributed by atoms with Crippen LogP contribution >= 0.6 is 0 Å². The van der Waals surface area contributed by atoms with Crippen molar-refractivity contribution < 1.29 is 33.2 Å². The Morgan fingerprint density at radius 1 is 0.700 bits per heavy atom. The summed E-state index contributed by atoms with van der Waals surface area (Å²) in [5.74, 6) is -1.51. The Balaban J connectivity index is 1.41. The van der Waals surface area contributed by atoms with E-state index in [2.05, 4.69) is 93.6 Å². The van der Waals surface area contributed by atoms with E-state index in [4.69, 9.17) is 28.1 Å². The van der Waals surface area contributed by atoms with E-state index in [0.717, 1.165) is 25.7 Å². The first-order valence-corrected chi connectivity index (χ1v) is 20.4. The van der Waals surface area contributed by atoms with Gasteiger partial charge in [-0.05, 0) is 74.4 Å². The SMILES string of the molecule is CC1(C)O[C@H](CC[C@@H](O[Si](c2ccccc2)(c2ccccc2)C(C)(C)C)[C@H]2C[C@@H](CCO)OC(C)(C)O2)C[C@H](CCOCc2ccccc2)O1. The van der Waals surface area contributed by atoms with E-state index in [0.29, 0.717) is 26.1 Å². The van der Waals surface area contributed by atoms with Gasteiger partial charge in [0, 0.05) is 26.1 Å². The number of benzene rings is 3. The maximum Gasteiger partial charge on any atom is 0.261 e. The summed E-state index contributed by atoms with van der Waals surface area (Å²) >= 11 is 0. The minimum Gasteiger partial charge on any atom is -0.402 e. The molecule has 2 aliphatic rings. The van der Waals surface area contributed by atoms with E-state index in [1.807, 2.05) is 45.9 Å². The lowest BCUT2D eigenvalue weighted by molar-refractivity contribution is -0.315. The normalized spacial score (nSPS) is 24.5. The predicted molar refractivity (Wildman–Crippen MR) is 201 cm³/mol. The van der Waals surface area contributed by atoms with Gasteiger partial charge >= 0.3 is 0 Å². The Morgan fingerprint density at radius 3 is 1.74 bits per heavy atom. The molecule has 2 aliphatic heterocycles. The van der Waals surface area contributed by atoms with E-state index < -0.39 is 19.9 Å². The Morgan fingerprint density at radius 2 is 1.20 bits per heavy atom.